The predicted molar refractivity (Wildman–Crippen MR) is 125 cm³/mol. The summed E-state index contributed by atoms with van der Waals surface area (Å²) in [6.45, 7) is 2.50. The number of benzene rings is 2. The fraction of sp³-hybridized carbons (Fsp3) is 0.0833. The maximum Gasteiger partial charge on any atom is 0.282 e. The number of thiophene rings is 1. The molecule has 31 heavy (non-hydrogen) atoms. The van der Waals surface area contributed by atoms with Crippen molar-refractivity contribution in [1.82, 2.24) is 0 Å². The molecule has 5 rings (SSSR count). The zero-order valence-corrected chi connectivity index (χ0v) is 18.1. The van der Waals surface area contributed by atoms with Gasteiger partial charge in [0.15, 0.2) is 5.84 Å². The molecule has 2 aromatic carbocycles. The minimum absolute atomic E-state index is 0.246. The number of ether oxygens (including phenoxy) is 1. The summed E-state index contributed by atoms with van der Waals surface area (Å²) in [6, 6.07) is 18.8. The van der Waals surface area contributed by atoms with Gasteiger partial charge in [-0.25, -0.2) is 4.99 Å². The molecule has 0 radical (unpaired) electrons. The summed E-state index contributed by atoms with van der Waals surface area (Å²) in [5.41, 5.74) is 0.968. The first kappa shape index (κ1) is 19.6. The van der Waals surface area contributed by atoms with Gasteiger partial charge in [0.1, 0.15) is 17.2 Å². The van der Waals surface area contributed by atoms with E-state index in [1.165, 1.54) is 11.3 Å². The van der Waals surface area contributed by atoms with Crippen molar-refractivity contribution in [2.45, 2.75) is 6.92 Å². The van der Waals surface area contributed by atoms with Crippen LogP contribution >= 0.6 is 22.9 Å². The van der Waals surface area contributed by atoms with Crippen LogP contribution in [0.1, 0.15) is 17.6 Å². The van der Waals surface area contributed by atoms with Gasteiger partial charge in [0.2, 0.25) is 0 Å². The number of aliphatic imine (C=N–C) groups is 1. The molecule has 0 saturated carbocycles. The molecule has 1 amide bonds. The Morgan fingerprint density at radius 2 is 1.94 bits per heavy atom. The van der Waals surface area contributed by atoms with Crippen LogP contribution in [-0.4, -0.2) is 18.3 Å². The summed E-state index contributed by atoms with van der Waals surface area (Å²) in [6.07, 6.45) is 3.20. The monoisotopic (exact) mass is 448 g/mol. The zero-order valence-electron chi connectivity index (χ0n) is 16.5. The van der Waals surface area contributed by atoms with E-state index in [1.807, 2.05) is 55.5 Å². The summed E-state index contributed by atoms with van der Waals surface area (Å²) in [5.74, 6) is 1.55. The lowest BCUT2D eigenvalue weighted by atomic mass is 10.2. The van der Waals surface area contributed by atoms with Gasteiger partial charge in [-0.1, -0.05) is 29.8 Å². The first-order chi connectivity index (χ1) is 15.2. The highest BCUT2D eigenvalue weighted by molar-refractivity contribution is 7.21. The molecule has 0 atom stereocenters. The molecule has 154 valence electrons. The number of furan rings is 1. The van der Waals surface area contributed by atoms with Gasteiger partial charge in [-0.2, -0.15) is 0 Å². The van der Waals surface area contributed by atoms with E-state index in [0.29, 0.717) is 28.9 Å². The molecule has 0 aliphatic carbocycles. The zero-order chi connectivity index (χ0) is 21.4. The maximum absolute atomic E-state index is 13.4. The van der Waals surface area contributed by atoms with Crippen LogP contribution in [0.5, 0.6) is 5.75 Å². The fourth-order valence-electron chi connectivity index (χ4n) is 3.43. The highest BCUT2D eigenvalue weighted by Crippen LogP contribution is 2.39. The van der Waals surface area contributed by atoms with Crippen molar-refractivity contribution in [3.63, 3.8) is 0 Å². The molecule has 1 aliphatic heterocycles. The highest BCUT2D eigenvalue weighted by Gasteiger charge is 2.35. The van der Waals surface area contributed by atoms with Gasteiger partial charge in [-0.15, -0.1) is 11.3 Å². The lowest BCUT2D eigenvalue weighted by Crippen LogP contribution is -2.32. The van der Waals surface area contributed by atoms with Crippen LogP contribution in [0.4, 0.5) is 5.69 Å². The van der Waals surface area contributed by atoms with Crippen LogP contribution in [0.25, 0.3) is 16.2 Å². The number of hydrogen-bond donors (Lipinski definition) is 0. The van der Waals surface area contributed by atoms with Crippen LogP contribution in [0.3, 0.4) is 0 Å². The summed E-state index contributed by atoms with van der Waals surface area (Å²) in [7, 11) is 0. The number of carbonyl (C=O) groups is 1. The van der Waals surface area contributed by atoms with Gasteiger partial charge in [0.05, 0.1) is 28.5 Å². The molecular formula is C24H17ClN2O3S. The van der Waals surface area contributed by atoms with E-state index in [0.717, 1.165) is 20.7 Å². The van der Waals surface area contributed by atoms with Crippen LogP contribution in [-0.2, 0) is 4.79 Å². The molecule has 0 fully saturated rings. The lowest BCUT2D eigenvalue weighted by Gasteiger charge is -2.18. The molecule has 5 nitrogen and oxygen atoms in total. The number of nitrogens with zero attached hydrogens (tertiary/aromatic N) is 2. The van der Waals surface area contributed by atoms with Crippen molar-refractivity contribution < 1.29 is 13.9 Å². The summed E-state index contributed by atoms with van der Waals surface area (Å²) in [5, 5.41) is 1.52. The third kappa shape index (κ3) is 3.54. The van der Waals surface area contributed by atoms with E-state index >= 15 is 0 Å². The van der Waals surface area contributed by atoms with E-state index in [9.17, 15) is 4.79 Å². The van der Waals surface area contributed by atoms with Gasteiger partial charge < -0.3 is 9.15 Å². The van der Waals surface area contributed by atoms with Crippen LogP contribution in [0.15, 0.2) is 82.0 Å². The molecule has 0 unspecified atom stereocenters. The van der Waals surface area contributed by atoms with E-state index < -0.39 is 0 Å². The van der Waals surface area contributed by atoms with E-state index in [4.69, 9.17) is 20.8 Å². The minimum Gasteiger partial charge on any atom is -0.494 e. The molecule has 4 aromatic rings. The topological polar surface area (TPSA) is 55.0 Å². The summed E-state index contributed by atoms with van der Waals surface area (Å²) < 4.78 is 12.0. The van der Waals surface area contributed by atoms with Crippen molar-refractivity contribution in [2.24, 2.45) is 4.99 Å². The second-order valence-corrected chi connectivity index (χ2v) is 8.22. The minimum atomic E-state index is -0.246. The number of rotatable bonds is 5. The van der Waals surface area contributed by atoms with Gasteiger partial charge in [-0.05, 0) is 49.4 Å². The number of fused-ring (bicyclic) bond motifs is 1. The Morgan fingerprint density at radius 1 is 1.13 bits per heavy atom. The quantitative estimate of drug-likeness (QED) is 0.333. The third-order valence-corrected chi connectivity index (χ3v) is 6.50. The normalized spacial score (nSPS) is 15.2. The van der Waals surface area contributed by atoms with Gasteiger partial charge >= 0.3 is 0 Å². The number of hydrogen-bond acceptors (Lipinski definition) is 5. The second kappa shape index (κ2) is 8.06. The second-order valence-electron chi connectivity index (χ2n) is 6.79. The summed E-state index contributed by atoms with van der Waals surface area (Å²) >= 11 is 8.24. The number of carbonyl (C=O) groups excluding carboxylic acids is 1. The van der Waals surface area contributed by atoms with Crippen LogP contribution in [0, 0.1) is 0 Å². The molecule has 1 aliphatic rings. The standard InChI is InChI=1S/C24H17ClN2O3S/c1-2-29-16-11-9-15(10-12-16)27-23(22-21(25)18-7-3-4-8-20(18)31-22)26-19(24(27)28)14-17-6-5-13-30-17/h3-14H,2H2,1H3/b19-14+. The Labute approximate surface area is 187 Å². The molecule has 3 heterocycles. The smallest absolute Gasteiger partial charge is 0.282 e. The average Bonchev–Trinajstić information content (AvgIpc) is 3.49. The molecule has 2 aromatic heterocycles. The Hall–Kier alpha value is -3.35. The van der Waals surface area contributed by atoms with E-state index in [2.05, 4.69) is 4.99 Å². The SMILES string of the molecule is CCOc1ccc(N2C(=O)/C(=C\c3ccco3)N=C2c2sc3ccccc3c2Cl)cc1. The van der Waals surface area contributed by atoms with Gasteiger partial charge in [0, 0.05) is 16.2 Å². The molecule has 7 heteroatoms. The maximum atomic E-state index is 13.4. The van der Waals surface area contributed by atoms with Gasteiger partial charge in [0.25, 0.3) is 5.91 Å². The lowest BCUT2D eigenvalue weighted by molar-refractivity contribution is -0.113. The van der Waals surface area contributed by atoms with Crippen molar-refractivity contribution in [1.29, 1.82) is 0 Å². The van der Waals surface area contributed by atoms with Crippen molar-refractivity contribution in [3.8, 4) is 5.75 Å². The predicted octanol–water partition coefficient (Wildman–Crippen LogP) is 6.38. The van der Waals surface area contributed by atoms with Crippen molar-refractivity contribution in [3.05, 3.63) is 88.3 Å². The Morgan fingerprint density at radius 3 is 2.65 bits per heavy atom. The molecule has 0 N–H and O–H groups in total. The summed E-state index contributed by atoms with van der Waals surface area (Å²) in [4.78, 5) is 20.4. The largest absolute Gasteiger partial charge is 0.494 e. The fourth-order valence-corrected chi connectivity index (χ4v) is 4.93. The van der Waals surface area contributed by atoms with Crippen molar-refractivity contribution >= 4 is 56.5 Å². The molecular weight excluding hydrogens is 432 g/mol. The number of amidine groups is 1. The molecule has 0 bridgehead atoms. The van der Waals surface area contributed by atoms with Gasteiger partial charge in [-0.3, -0.25) is 9.69 Å². The molecule has 0 saturated heterocycles. The van der Waals surface area contributed by atoms with E-state index in [1.54, 1.807) is 29.4 Å². The Bertz CT molecular complexity index is 1320. The Kier molecular flexibility index (Phi) is 5.10. The highest BCUT2D eigenvalue weighted by atomic mass is 35.5. The first-order valence-electron chi connectivity index (χ1n) is 9.74. The van der Waals surface area contributed by atoms with Crippen LogP contribution < -0.4 is 9.64 Å². The van der Waals surface area contributed by atoms with Crippen molar-refractivity contribution in [2.75, 3.05) is 11.5 Å². The molecule has 0 spiro atoms. The van der Waals surface area contributed by atoms with Crippen LogP contribution in [0.2, 0.25) is 5.02 Å². The number of amides is 1. The third-order valence-electron chi connectivity index (χ3n) is 4.83. The Balaban J connectivity index is 1.64. The van der Waals surface area contributed by atoms with E-state index in [-0.39, 0.29) is 11.6 Å². The number of halogens is 1. The first-order valence-corrected chi connectivity index (χ1v) is 10.9. The number of anilines is 1. The average molecular weight is 449 g/mol.